The van der Waals surface area contributed by atoms with Crippen molar-refractivity contribution >= 4 is 6.09 Å². The van der Waals surface area contributed by atoms with Gasteiger partial charge in [0.05, 0.1) is 19.8 Å². The Hall–Kier alpha value is -2.41. The smallest absolute Gasteiger partial charge is 0.409 e. The summed E-state index contributed by atoms with van der Waals surface area (Å²) in [6.07, 6.45) is -0.367. The first-order valence-corrected chi connectivity index (χ1v) is 10.3. The third-order valence-corrected chi connectivity index (χ3v) is 5.75. The molecule has 0 atom stereocenters. The highest BCUT2D eigenvalue weighted by Gasteiger charge is 2.29. The molecule has 1 amide bonds. The summed E-state index contributed by atoms with van der Waals surface area (Å²) < 4.78 is 11.1. The van der Waals surface area contributed by atoms with Crippen LogP contribution >= 0.6 is 0 Å². The van der Waals surface area contributed by atoms with Crippen LogP contribution in [0.5, 0.6) is 0 Å². The Kier molecular flexibility index (Phi) is 6.44. The van der Waals surface area contributed by atoms with Crippen molar-refractivity contribution in [2.75, 3.05) is 59.2 Å². The van der Waals surface area contributed by atoms with Crippen molar-refractivity contribution in [3.8, 4) is 11.1 Å². The number of nitrogens with zero attached hydrogens (tertiary/aromatic N) is 2. The maximum atomic E-state index is 12.7. The number of amides is 1. The fourth-order valence-corrected chi connectivity index (χ4v) is 4.19. The van der Waals surface area contributed by atoms with E-state index in [0.29, 0.717) is 13.2 Å². The van der Waals surface area contributed by atoms with Gasteiger partial charge in [0.25, 0.3) is 0 Å². The molecule has 1 saturated heterocycles. The van der Waals surface area contributed by atoms with Crippen LogP contribution in [0.1, 0.15) is 17.0 Å². The van der Waals surface area contributed by atoms with Crippen molar-refractivity contribution in [2.45, 2.75) is 5.92 Å². The zero-order chi connectivity index (χ0) is 20.1. The minimum atomic E-state index is -0.367. The molecule has 2 aromatic rings. The summed E-state index contributed by atoms with van der Waals surface area (Å²) in [6, 6.07) is 16.6. The Morgan fingerprint density at radius 2 is 1.66 bits per heavy atom. The first-order valence-electron chi connectivity index (χ1n) is 10.3. The number of ether oxygens (including phenoxy) is 2. The van der Waals surface area contributed by atoms with Gasteiger partial charge in [-0.1, -0.05) is 48.5 Å². The largest absolute Gasteiger partial charge is 0.448 e. The lowest BCUT2D eigenvalue weighted by molar-refractivity contribution is 0.0308. The van der Waals surface area contributed by atoms with Crippen molar-refractivity contribution < 1.29 is 19.4 Å². The minimum absolute atomic E-state index is 0.0431. The van der Waals surface area contributed by atoms with Crippen LogP contribution in [0, 0.1) is 0 Å². The van der Waals surface area contributed by atoms with Gasteiger partial charge in [0, 0.05) is 38.6 Å². The number of carbonyl (C=O) groups excluding carboxylic acids is 1. The van der Waals surface area contributed by atoms with Crippen LogP contribution in [0.3, 0.4) is 0 Å². The molecule has 2 aromatic carbocycles. The van der Waals surface area contributed by atoms with E-state index >= 15 is 0 Å². The van der Waals surface area contributed by atoms with Crippen LogP contribution < -0.4 is 0 Å². The SMILES string of the molecule is O=C(OCC1c2ccccc2-c2ccccc21)N(CCO)CCN1CCOCC1. The maximum Gasteiger partial charge on any atom is 0.409 e. The Labute approximate surface area is 171 Å². The normalized spacial score (nSPS) is 16.3. The van der Waals surface area contributed by atoms with Gasteiger partial charge in [-0.05, 0) is 22.3 Å². The number of morpholine rings is 1. The van der Waals surface area contributed by atoms with E-state index < -0.39 is 0 Å². The molecule has 0 unspecified atom stereocenters. The van der Waals surface area contributed by atoms with Gasteiger partial charge in [-0.3, -0.25) is 4.90 Å². The molecular weight excluding hydrogens is 368 g/mol. The molecule has 6 nitrogen and oxygen atoms in total. The summed E-state index contributed by atoms with van der Waals surface area (Å²) >= 11 is 0. The second-order valence-electron chi connectivity index (χ2n) is 7.47. The molecule has 0 aromatic heterocycles. The molecular formula is C23H28N2O4. The molecule has 29 heavy (non-hydrogen) atoms. The van der Waals surface area contributed by atoms with Crippen LogP contribution in [-0.2, 0) is 9.47 Å². The highest BCUT2D eigenvalue weighted by molar-refractivity contribution is 5.79. The van der Waals surface area contributed by atoms with Crippen LogP contribution in [-0.4, -0.2) is 80.2 Å². The van der Waals surface area contributed by atoms with Gasteiger partial charge in [0.2, 0.25) is 0 Å². The van der Waals surface area contributed by atoms with Gasteiger partial charge in [-0.15, -0.1) is 0 Å². The van der Waals surface area contributed by atoms with E-state index in [2.05, 4.69) is 29.2 Å². The summed E-state index contributed by atoms with van der Waals surface area (Å²) in [5, 5.41) is 9.38. The van der Waals surface area contributed by atoms with Crippen LogP contribution in [0.25, 0.3) is 11.1 Å². The number of aliphatic hydroxyl groups excluding tert-OH is 1. The first-order chi connectivity index (χ1) is 14.3. The molecule has 0 spiro atoms. The number of aliphatic hydroxyl groups is 1. The van der Waals surface area contributed by atoms with E-state index in [-0.39, 0.29) is 25.2 Å². The number of fused-ring (bicyclic) bond motifs is 3. The minimum Gasteiger partial charge on any atom is -0.448 e. The molecule has 0 saturated carbocycles. The highest BCUT2D eigenvalue weighted by Crippen LogP contribution is 2.44. The molecule has 1 aliphatic heterocycles. The molecule has 1 fully saturated rings. The quantitative estimate of drug-likeness (QED) is 0.779. The Balaban J connectivity index is 1.39. The molecule has 4 rings (SSSR count). The van der Waals surface area contributed by atoms with Crippen molar-refractivity contribution in [3.63, 3.8) is 0 Å². The summed E-state index contributed by atoms with van der Waals surface area (Å²) in [7, 11) is 0. The number of benzene rings is 2. The second kappa shape index (κ2) is 9.39. The fraction of sp³-hybridized carbons (Fsp3) is 0.435. The fourth-order valence-electron chi connectivity index (χ4n) is 4.19. The van der Waals surface area contributed by atoms with Crippen molar-refractivity contribution in [1.82, 2.24) is 9.80 Å². The van der Waals surface area contributed by atoms with E-state index in [1.54, 1.807) is 4.90 Å². The molecule has 1 N–H and O–H groups in total. The summed E-state index contributed by atoms with van der Waals surface area (Å²) in [5.41, 5.74) is 4.82. The van der Waals surface area contributed by atoms with Crippen LogP contribution in [0.15, 0.2) is 48.5 Å². The van der Waals surface area contributed by atoms with E-state index in [9.17, 15) is 9.90 Å². The molecule has 1 aliphatic carbocycles. The van der Waals surface area contributed by atoms with E-state index in [0.717, 1.165) is 32.8 Å². The lowest BCUT2D eigenvalue weighted by Gasteiger charge is -2.29. The Morgan fingerprint density at radius 3 is 2.28 bits per heavy atom. The Bertz CT molecular complexity index is 790. The van der Waals surface area contributed by atoms with Gasteiger partial charge >= 0.3 is 6.09 Å². The number of hydrogen-bond donors (Lipinski definition) is 1. The predicted octanol–water partition coefficient (Wildman–Crippen LogP) is 2.56. The Morgan fingerprint density at radius 1 is 1.03 bits per heavy atom. The zero-order valence-electron chi connectivity index (χ0n) is 16.6. The van der Waals surface area contributed by atoms with Crippen LogP contribution in [0.2, 0.25) is 0 Å². The highest BCUT2D eigenvalue weighted by atomic mass is 16.6. The van der Waals surface area contributed by atoms with Crippen molar-refractivity contribution in [3.05, 3.63) is 59.7 Å². The number of rotatable bonds is 7. The molecule has 1 heterocycles. The lowest BCUT2D eigenvalue weighted by Crippen LogP contribution is -2.44. The molecule has 0 bridgehead atoms. The average Bonchev–Trinajstić information content (AvgIpc) is 3.09. The summed E-state index contributed by atoms with van der Waals surface area (Å²) in [6.45, 7) is 5.00. The number of hydrogen-bond acceptors (Lipinski definition) is 5. The van der Waals surface area contributed by atoms with Gasteiger partial charge in [-0.2, -0.15) is 0 Å². The molecule has 0 radical (unpaired) electrons. The second-order valence-corrected chi connectivity index (χ2v) is 7.47. The monoisotopic (exact) mass is 396 g/mol. The van der Waals surface area contributed by atoms with E-state index in [1.165, 1.54) is 22.3 Å². The summed E-state index contributed by atoms with van der Waals surface area (Å²) in [4.78, 5) is 16.6. The standard InChI is InChI=1S/C23H28N2O4/c26-14-11-25(10-9-24-12-15-28-16-13-24)23(27)29-17-22-20-7-3-1-5-18(20)19-6-2-4-8-21(19)22/h1-8,22,26H,9-17H2. The van der Waals surface area contributed by atoms with Crippen LogP contribution in [0.4, 0.5) is 4.79 Å². The molecule has 154 valence electrons. The molecule has 6 heteroatoms. The van der Waals surface area contributed by atoms with E-state index in [1.807, 2.05) is 24.3 Å². The molecule has 2 aliphatic rings. The topological polar surface area (TPSA) is 62.2 Å². The summed E-state index contributed by atoms with van der Waals surface area (Å²) in [5.74, 6) is 0.0431. The lowest BCUT2D eigenvalue weighted by atomic mass is 9.98. The van der Waals surface area contributed by atoms with Crippen molar-refractivity contribution in [2.24, 2.45) is 0 Å². The number of carbonyl (C=O) groups is 1. The first kappa shape index (κ1) is 19.9. The van der Waals surface area contributed by atoms with E-state index in [4.69, 9.17) is 9.47 Å². The third kappa shape index (κ3) is 4.45. The maximum absolute atomic E-state index is 12.7. The van der Waals surface area contributed by atoms with Gasteiger partial charge in [0.15, 0.2) is 0 Å². The zero-order valence-corrected chi connectivity index (χ0v) is 16.6. The third-order valence-electron chi connectivity index (χ3n) is 5.75. The van der Waals surface area contributed by atoms with Gasteiger partial charge < -0.3 is 19.5 Å². The van der Waals surface area contributed by atoms with Gasteiger partial charge in [-0.25, -0.2) is 4.79 Å². The van der Waals surface area contributed by atoms with Crippen molar-refractivity contribution in [1.29, 1.82) is 0 Å². The average molecular weight is 396 g/mol. The van der Waals surface area contributed by atoms with Gasteiger partial charge in [0.1, 0.15) is 6.61 Å². The predicted molar refractivity (Wildman–Crippen MR) is 111 cm³/mol.